The summed E-state index contributed by atoms with van der Waals surface area (Å²) in [7, 11) is 3.70. The lowest BCUT2D eigenvalue weighted by atomic mass is 10.2. The van der Waals surface area contributed by atoms with Gasteiger partial charge >= 0.3 is 0 Å². The zero-order chi connectivity index (χ0) is 20.9. The summed E-state index contributed by atoms with van der Waals surface area (Å²) in [5, 5.41) is 7.18. The van der Waals surface area contributed by atoms with Crippen LogP contribution in [-0.2, 0) is 4.79 Å². The van der Waals surface area contributed by atoms with E-state index >= 15 is 0 Å². The Hall–Kier alpha value is -3.30. The number of carbonyl (C=O) groups is 1. The average molecular weight is 407 g/mol. The minimum Gasteiger partial charge on any atom is -0.496 e. The summed E-state index contributed by atoms with van der Waals surface area (Å²) in [6.45, 7) is 4.00. The molecule has 1 N–H and O–H groups in total. The Morgan fingerprint density at radius 2 is 1.93 bits per heavy atom. The van der Waals surface area contributed by atoms with Gasteiger partial charge in [0, 0.05) is 44.6 Å². The van der Waals surface area contributed by atoms with Gasteiger partial charge in [-0.3, -0.25) is 9.69 Å². The Kier molecular flexibility index (Phi) is 6.01. The van der Waals surface area contributed by atoms with Gasteiger partial charge in [0.25, 0.3) is 0 Å². The highest BCUT2D eigenvalue weighted by molar-refractivity contribution is 5.91. The van der Waals surface area contributed by atoms with Crippen LogP contribution in [0.15, 0.2) is 48.8 Å². The molecule has 1 saturated heterocycles. The molecule has 1 aromatic carbocycles. The number of hydrogen-bond donors (Lipinski definition) is 1. The van der Waals surface area contributed by atoms with E-state index < -0.39 is 0 Å². The number of ether oxygens (including phenoxy) is 1. The SMILES string of the molecule is COc1ccccc1-c1nc(NC(=O)CN2CCN(C)CC2)cc(-n2cccn2)n1. The van der Waals surface area contributed by atoms with Crippen molar-refractivity contribution in [3.8, 4) is 23.0 Å². The van der Waals surface area contributed by atoms with Crippen LogP contribution in [0.2, 0.25) is 0 Å². The lowest BCUT2D eigenvalue weighted by Gasteiger charge is -2.31. The Morgan fingerprint density at radius 3 is 2.67 bits per heavy atom. The van der Waals surface area contributed by atoms with Crippen molar-refractivity contribution in [3.05, 3.63) is 48.8 Å². The summed E-state index contributed by atoms with van der Waals surface area (Å²) in [5.41, 5.74) is 0.739. The molecule has 4 rings (SSSR count). The van der Waals surface area contributed by atoms with Gasteiger partial charge in [0.2, 0.25) is 5.91 Å². The van der Waals surface area contributed by atoms with Gasteiger partial charge in [-0.05, 0) is 25.2 Å². The van der Waals surface area contributed by atoms with Crippen molar-refractivity contribution in [3.63, 3.8) is 0 Å². The maximum atomic E-state index is 12.7. The molecule has 0 aliphatic carbocycles. The number of nitrogens with zero attached hydrogens (tertiary/aromatic N) is 6. The molecule has 0 saturated carbocycles. The second kappa shape index (κ2) is 9.02. The van der Waals surface area contributed by atoms with Crippen molar-refractivity contribution in [2.24, 2.45) is 0 Å². The van der Waals surface area contributed by atoms with Crippen LogP contribution in [-0.4, -0.2) is 82.3 Å². The summed E-state index contributed by atoms with van der Waals surface area (Å²) in [6.07, 6.45) is 3.47. The zero-order valence-electron chi connectivity index (χ0n) is 17.2. The number of likely N-dealkylation sites (N-methyl/N-ethyl adjacent to an activating group) is 1. The second-order valence-corrected chi connectivity index (χ2v) is 7.21. The predicted molar refractivity (Wildman–Crippen MR) is 114 cm³/mol. The van der Waals surface area contributed by atoms with E-state index in [0.717, 1.165) is 31.7 Å². The molecule has 3 aromatic rings. The van der Waals surface area contributed by atoms with Crippen LogP contribution in [0, 0.1) is 0 Å². The normalized spacial score (nSPS) is 15.1. The lowest BCUT2D eigenvalue weighted by molar-refractivity contribution is -0.117. The van der Waals surface area contributed by atoms with E-state index in [-0.39, 0.29) is 5.91 Å². The van der Waals surface area contributed by atoms with Gasteiger partial charge in [-0.25, -0.2) is 14.6 Å². The maximum absolute atomic E-state index is 12.7. The molecule has 9 heteroatoms. The molecule has 30 heavy (non-hydrogen) atoms. The van der Waals surface area contributed by atoms with Crippen LogP contribution >= 0.6 is 0 Å². The van der Waals surface area contributed by atoms with Crippen molar-refractivity contribution in [1.29, 1.82) is 0 Å². The molecule has 9 nitrogen and oxygen atoms in total. The van der Waals surface area contributed by atoms with Gasteiger partial charge in [-0.2, -0.15) is 5.10 Å². The molecule has 0 atom stereocenters. The molecule has 3 heterocycles. The molecule has 156 valence electrons. The summed E-state index contributed by atoms with van der Waals surface area (Å²) >= 11 is 0. The number of hydrogen-bond acceptors (Lipinski definition) is 7. The van der Waals surface area contributed by atoms with E-state index in [2.05, 4.69) is 37.2 Å². The maximum Gasteiger partial charge on any atom is 0.239 e. The number of methoxy groups -OCH3 is 1. The molecule has 1 aliphatic heterocycles. The molecule has 1 fully saturated rings. The topological polar surface area (TPSA) is 88.4 Å². The van der Waals surface area contributed by atoms with E-state index in [9.17, 15) is 4.79 Å². The summed E-state index contributed by atoms with van der Waals surface area (Å²) in [5.74, 6) is 2.00. The van der Waals surface area contributed by atoms with Crippen LogP contribution in [0.4, 0.5) is 5.82 Å². The second-order valence-electron chi connectivity index (χ2n) is 7.21. The van der Waals surface area contributed by atoms with Crippen molar-refractivity contribution >= 4 is 11.7 Å². The highest BCUT2D eigenvalue weighted by Crippen LogP contribution is 2.28. The van der Waals surface area contributed by atoms with E-state index in [1.165, 1.54) is 0 Å². The Labute approximate surface area is 175 Å². The molecular weight excluding hydrogens is 382 g/mol. The van der Waals surface area contributed by atoms with Crippen molar-refractivity contribution < 1.29 is 9.53 Å². The molecule has 0 unspecified atom stereocenters. The standard InChI is InChI=1S/C21H25N7O2/c1-26-10-12-27(13-11-26)15-20(29)23-18-14-19(28-9-5-8-22-28)25-21(24-18)16-6-3-4-7-17(16)30-2/h3-9,14H,10-13,15H2,1-2H3,(H,23,24,25,29). The number of anilines is 1. The summed E-state index contributed by atoms with van der Waals surface area (Å²) in [4.78, 5) is 26.3. The van der Waals surface area contributed by atoms with Gasteiger partial charge in [0.05, 0.1) is 19.2 Å². The van der Waals surface area contributed by atoms with Gasteiger partial charge < -0.3 is 15.0 Å². The molecular formula is C21H25N7O2. The molecule has 1 aliphatic rings. The number of amides is 1. The Morgan fingerprint density at radius 1 is 1.13 bits per heavy atom. The third-order valence-corrected chi connectivity index (χ3v) is 5.03. The first-order valence-electron chi connectivity index (χ1n) is 9.85. The third-order valence-electron chi connectivity index (χ3n) is 5.03. The smallest absolute Gasteiger partial charge is 0.239 e. The minimum absolute atomic E-state index is 0.101. The number of carbonyl (C=O) groups excluding carboxylic acids is 1. The van der Waals surface area contributed by atoms with E-state index in [1.807, 2.05) is 30.3 Å². The lowest BCUT2D eigenvalue weighted by Crippen LogP contribution is -2.47. The number of piperazine rings is 1. The number of benzene rings is 1. The summed E-state index contributed by atoms with van der Waals surface area (Å²) < 4.78 is 7.10. The first-order chi connectivity index (χ1) is 14.6. The van der Waals surface area contributed by atoms with Gasteiger partial charge in [-0.15, -0.1) is 0 Å². The van der Waals surface area contributed by atoms with Crippen molar-refractivity contribution in [2.75, 3.05) is 52.2 Å². The average Bonchev–Trinajstić information content (AvgIpc) is 3.30. The number of nitrogens with one attached hydrogen (secondary N) is 1. The fraction of sp³-hybridized carbons (Fsp3) is 0.333. The van der Waals surface area contributed by atoms with Crippen molar-refractivity contribution in [2.45, 2.75) is 0 Å². The van der Waals surface area contributed by atoms with Crippen LogP contribution in [0.3, 0.4) is 0 Å². The Bertz CT molecular complexity index is 998. The number of para-hydroxylation sites is 1. The monoisotopic (exact) mass is 407 g/mol. The first-order valence-corrected chi connectivity index (χ1v) is 9.85. The number of rotatable bonds is 6. The highest BCUT2D eigenvalue weighted by atomic mass is 16.5. The van der Waals surface area contributed by atoms with Gasteiger partial charge in [0.1, 0.15) is 11.6 Å². The van der Waals surface area contributed by atoms with E-state index in [4.69, 9.17) is 4.74 Å². The van der Waals surface area contributed by atoms with Crippen LogP contribution < -0.4 is 10.1 Å². The zero-order valence-corrected chi connectivity index (χ0v) is 17.2. The first kappa shape index (κ1) is 20.0. The fourth-order valence-electron chi connectivity index (χ4n) is 3.36. The molecule has 2 aromatic heterocycles. The van der Waals surface area contributed by atoms with Gasteiger partial charge in [0.15, 0.2) is 11.6 Å². The largest absolute Gasteiger partial charge is 0.496 e. The fourth-order valence-corrected chi connectivity index (χ4v) is 3.36. The minimum atomic E-state index is -0.101. The predicted octanol–water partition coefficient (Wildman–Crippen LogP) is 1.52. The van der Waals surface area contributed by atoms with E-state index in [0.29, 0.717) is 29.8 Å². The molecule has 0 radical (unpaired) electrons. The Balaban J connectivity index is 1.60. The highest BCUT2D eigenvalue weighted by Gasteiger charge is 2.18. The van der Waals surface area contributed by atoms with Gasteiger partial charge in [-0.1, -0.05) is 12.1 Å². The van der Waals surface area contributed by atoms with Crippen LogP contribution in [0.1, 0.15) is 0 Å². The van der Waals surface area contributed by atoms with Crippen molar-refractivity contribution in [1.82, 2.24) is 29.5 Å². The van der Waals surface area contributed by atoms with Crippen LogP contribution in [0.5, 0.6) is 5.75 Å². The number of aromatic nitrogens is 4. The molecule has 1 amide bonds. The molecule has 0 spiro atoms. The summed E-state index contributed by atoms with van der Waals surface area (Å²) in [6, 6.07) is 11.1. The third kappa shape index (κ3) is 4.64. The quantitative estimate of drug-likeness (QED) is 0.663. The molecule has 0 bridgehead atoms. The van der Waals surface area contributed by atoms with E-state index in [1.54, 1.807) is 30.3 Å². The van der Waals surface area contributed by atoms with Crippen LogP contribution in [0.25, 0.3) is 17.2 Å².